The summed E-state index contributed by atoms with van der Waals surface area (Å²) in [7, 11) is 0. The molecule has 0 radical (unpaired) electrons. The standard InChI is InChI=1S/C15H29N3O/c1-2-7-15(8-10-17-11-9-15)14(19)18-13-5-3-12(16)4-6-13/h12-13,17H,2-11,16H2,1H3,(H,18,19). The molecule has 4 nitrogen and oxygen atoms in total. The molecule has 2 rings (SSSR count). The zero-order valence-corrected chi connectivity index (χ0v) is 12.2. The predicted octanol–water partition coefficient (Wildman–Crippen LogP) is 1.54. The minimum atomic E-state index is -0.112. The molecule has 0 aromatic carbocycles. The third-order valence-corrected chi connectivity index (χ3v) is 4.88. The van der Waals surface area contributed by atoms with Crippen molar-refractivity contribution in [3.8, 4) is 0 Å². The molecule has 1 aliphatic heterocycles. The van der Waals surface area contributed by atoms with Crippen molar-refractivity contribution >= 4 is 5.91 Å². The van der Waals surface area contributed by atoms with Crippen LogP contribution in [0.25, 0.3) is 0 Å². The van der Waals surface area contributed by atoms with Gasteiger partial charge in [-0.15, -0.1) is 0 Å². The molecule has 0 unspecified atom stereocenters. The zero-order valence-electron chi connectivity index (χ0n) is 12.2. The molecule has 1 amide bonds. The fraction of sp³-hybridized carbons (Fsp3) is 0.933. The Labute approximate surface area is 116 Å². The second kappa shape index (κ2) is 6.71. The Bertz CT molecular complexity index is 286. The fourth-order valence-corrected chi connectivity index (χ4v) is 3.58. The lowest BCUT2D eigenvalue weighted by molar-refractivity contribution is -0.134. The van der Waals surface area contributed by atoms with E-state index >= 15 is 0 Å². The smallest absolute Gasteiger partial charge is 0.226 e. The Morgan fingerprint density at radius 2 is 1.89 bits per heavy atom. The van der Waals surface area contributed by atoms with Crippen LogP contribution in [0.4, 0.5) is 0 Å². The highest BCUT2D eigenvalue weighted by molar-refractivity contribution is 5.83. The highest BCUT2D eigenvalue weighted by atomic mass is 16.2. The van der Waals surface area contributed by atoms with Crippen LogP contribution in [0.5, 0.6) is 0 Å². The van der Waals surface area contributed by atoms with E-state index in [4.69, 9.17) is 5.73 Å². The lowest BCUT2D eigenvalue weighted by atomic mass is 9.74. The summed E-state index contributed by atoms with van der Waals surface area (Å²) in [5.41, 5.74) is 5.81. The van der Waals surface area contributed by atoms with Gasteiger partial charge in [0, 0.05) is 12.1 Å². The van der Waals surface area contributed by atoms with E-state index in [9.17, 15) is 4.79 Å². The van der Waals surface area contributed by atoms with Crippen molar-refractivity contribution in [2.24, 2.45) is 11.1 Å². The van der Waals surface area contributed by atoms with E-state index in [1.807, 2.05) is 0 Å². The minimum Gasteiger partial charge on any atom is -0.353 e. The van der Waals surface area contributed by atoms with Gasteiger partial charge in [0.2, 0.25) is 5.91 Å². The van der Waals surface area contributed by atoms with Gasteiger partial charge in [-0.3, -0.25) is 4.79 Å². The molecular weight excluding hydrogens is 238 g/mol. The molecule has 110 valence electrons. The Kier molecular flexibility index (Phi) is 5.22. The second-order valence-electron chi connectivity index (χ2n) is 6.37. The first-order valence-electron chi connectivity index (χ1n) is 7.93. The lowest BCUT2D eigenvalue weighted by Crippen LogP contribution is -2.51. The maximum Gasteiger partial charge on any atom is 0.226 e. The van der Waals surface area contributed by atoms with Gasteiger partial charge < -0.3 is 16.4 Å². The molecular formula is C15H29N3O. The molecule has 4 N–H and O–H groups in total. The fourth-order valence-electron chi connectivity index (χ4n) is 3.58. The maximum atomic E-state index is 12.7. The molecule has 4 heteroatoms. The average molecular weight is 267 g/mol. The summed E-state index contributed by atoms with van der Waals surface area (Å²) >= 11 is 0. The first kappa shape index (κ1) is 14.8. The molecule has 1 aliphatic carbocycles. The van der Waals surface area contributed by atoms with Crippen molar-refractivity contribution in [2.75, 3.05) is 13.1 Å². The van der Waals surface area contributed by atoms with Crippen molar-refractivity contribution in [1.82, 2.24) is 10.6 Å². The molecule has 2 aliphatic rings. The third kappa shape index (κ3) is 3.69. The van der Waals surface area contributed by atoms with Crippen molar-refractivity contribution in [2.45, 2.75) is 70.4 Å². The van der Waals surface area contributed by atoms with Crippen molar-refractivity contribution < 1.29 is 4.79 Å². The van der Waals surface area contributed by atoms with Crippen LogP contribution in [0.1, 0.15) is 58.3 Å². The van der Waals surface area contributed by atoms with Crippen LogP contribution < -0.4 is 16.4 Å². The van der Waals surface area contributed by atoms with Crippen LogP contribution in [0, 0.1) is 5.41 Å². The second-order valence-corrected chi connectivity index (χ2v) is 6.37. The van der Waals surface area contributed by atoms with Gasteiger partial charge in [0.25, 0.3) is 0 Å². The molecule has 0 spiro atoms. The van der Waals surface area contributed by atoms with Gasteiger partial charge in [0.05, 0.1) is 5.41 Å². The van der Waals surface area contributed by atoms with Crippen molar-refractivity contribution in [1.29, 1.82) is 0 Å². The summed E-state index contributed by atoms with van der Waals surface area (Å²) in [6.07, 6.45) is 8.27. The Morgan fingerprint density at radius 3 is 2.47 bits per heavy atom. The Hall–Kier alpha value is -0.610. The molecule has 2 fully saturated rings. The largest absolute Gasteiger partial charge is 0.353 e. The first-order chi connectivity index (χ1) is 9.16. The molecule has 0 bridgehead atoms. The number of nitrogens with two attached hydrogens (primary N) is 1. The minimum absolute atomic E-state index is 0.112. The molecule has 1 heterocycles. The maximum absolute atomic E-state index is 12.7. The van der Waals surface area contributed by atoms with Gasteiger partial charge in [-0.25, -0.2) is 0 Å². The molecule has 0 atom stereocenters. The van der Waals surface area contributed by atoms with Crippen LogP contribution in [0.2, 0.25) is 0 Å². The number of rotatable bonds is 4. The number of piperidine rings is 1. The topological polar surface area (TPSA) is 67.2 Å². The van der Waals surface area contributed by atoms with Gasteiger partial charge in [0.15, 0.2) is 0 Å². The Balaban J connectivity index is 1.92. The number of hydrogen-bond donors (Lipinski definition) is 3. The summed E-state index contributed by atoms with van der Waals surface area (Å²) in [5.74, 6) is 0.302. The summed E-state index contributed by atoms with van der Waals surface area (Å²) in [6, 6.07) is 0.701. The SMILES string of the molecule is CCCC1(C(=O)NC2CCC(N)CC2)CCNCC1. The molecule has 0 aromatic rings. The van der Waals surface area contributed by atoms with E-state index in [0.717, 1.165) is 64.5 Å². The van der Waals surface area contributed by atoms with Crippen LogP contribution in [-0.4, -0.2) is 31.1 Å². The highest BCUT2D eigenvalue weighted by Crippen LogP contribution is 2.34. The molecule has 19 heavy (non-hydrogen) atoms. The average Bonchev–Trinajstić information content (AvgIpc) is 2.43. The van der Waals surface area contributed by atoms with Crippen molar-refractivity contribution in [3.63, 3.8) is 0 Å². The van der Waals surface area contributed by atoms with E-state index in [-0.39, 0.29) is 5.41 Å². The predicted molar refractivity (Wildman–Crippen MR) is 77.8 cm³/mol. The van der Waals surface area contributed by atoms with E-state index < -0.39 is 0 Å². The molecule has 1 saturated heterocycles. The van der Waals surface area contributed by atoms with Gasteiger partial charge in [-0.1, -0.05) is 13.3 Å². The lowest BCUT2D eigenvalue weighted by Gasteiger charge is -2.38. The highest BCUT2D eigenvalue weighted by Gasteiger charge is 2.39. The Morgan fingerprint density at radius 1 is 1.26 bits per heavy atom. The molecule has 1 saturated carbocycles. The zero-order chi connectivity index (χ0) is 13.7. The van der Waals surface area contributed by atoms with E-state index in [1.54, 1.807) is 0 Å². The summed E-state index contributed by atoms with van der Waals surface area (Å²) in [5, 5.41) is 6.68. The van der Waals surface area contributed by atoms with E-state index in [0.29, 0.717) is 18.0 Å². The molecule has 0 aromatic heterocycles. The van der Waals surface area contributed by atoms with Crippen LogP contribution in [0.15, 0.2) is 0 Å². The summed E-state index contributed by atoms with van der Waals surface area (Å²) in [4.78, 5) is 12.7. The van der Waals surface area contributed by atoms with Gasteiger partial charge >= 0.3 is 0 Å². The van der Waals surface area contributed by atoms with Gasteiger partial charge in [-0.2, -0.15) is 0 Å². The number of nitrogens with one attached hydrogen (secondary N) is 2. The number of carbonyl (C=O) groups is 1. The van der Waals surface area contributed by atoms with Gasteiger partial charge in [-0.05, 0) is 58.0 Å². The van der Waals surface area contributed by atoms with Crippen LogP contribution in [0.3, 0.4) is 0 Å². The first-order valence-corrected chi connectivity index (χ1v) is 7.93. The quantitative estimate of drug-likeness (QED) is 0.724. The van der Waals surface area contributed by atoms with E-state index in [2.05, 4.69) is 17.6 Å². The van der Waals surface area contributed by atoms with E-state index in [1.165, 1.54) is 0 Å². The van der Waals surface area contributed by atoms with Gasteiger partial charge in [0.1, 0.15) is 0 Å². The normalized spacial score (nSPS) is 30.8. The number of amides is 1. The third-order valence-electron chi connectivity index (χ3n) is 4.88. The van der Waals surface area contributed by atoms with Crippen LogP contribution >= 0.6 is 0 Å². The summed E-state index contributed by atoms with van der Waals surface area (Å²) < 4.78 is 0. The number of hydrogen-bond acceptors (Lipinski definition) is 3. The van der Waals surface area contributed by atoms with Crippen LogP contribution in [-0.2, 0) is 4.79 Å². The van der Waals surface area contributed by atoms with Crippen molar-refractivity contribution in [3.05, 3.63) is 0 Å². The monoisotopic (exact) mass is 267 g/mol. The number of carbonyl (C=O) groups excluding carboxylic acids is 1. The summed E-state index contributed by atoms with van der Waals surface area (Å²) in [6.45, 7) is 4.13.